The Morgan fingerprint density at radius 2 is 1.52 bits per heavy atom. The van der Waals surface area contributed by atoms with Gasteiger partial charge < -0.3 is 15.0 Å². The lowest BCUT2D eigenvalue weighted by atomic mass is 9.94. The molecule has 1 aliphatic carbocycles. The van der Waals surface area contributed by atoms with Gasteiger partial charge in [-0.25, -0.2) is 8.42 Å². The average molecular weight is 688 g/mol. The number of ether oxygens (including phenoxy) is 1. The fourth-order valence-electron chi connectivity index (χ4n) is 6.02. The Labute approximate surface area is 288 Å². The van der Waals surface area contributed by atoms with Gasteiger partial charge in [0, 0.05) is 24.0 Å². The van der Waals surface area contributed by atoms with Gasteiger partial charge in [-0.3, -0.25) is 13.9 Å². The molecule has 252 valence electrons. The summed E-state index contributed by atoms with van der Waals surface area (Å²) in [5, 5.41) is 3.67. The summed E-state index contributed by atoms with van der Waals surface area (Å²) in [6.07, 6.45) is 5.19. The number of aryl methyl sites for hydroxylation is 1. The maximum absolute atomic E-state index is 14.7. The molecule has 2 amide bonds. The van der Waals surface area contributed by atoms with Gasteiger partial charge in [0.05, 0.1) is 17.7 Å². The molecule has 0 saturated heterocycles. The van der Waals surface area contributed by atoms with Crippen molar-refractivity contribution in [3.63, 3.8) is 0 Å². The first-order valence-electron chi connectivity index (χ1n) is 16.3. The molecule has 0 unspecified atom stereocenters. The number of anilines is 1. The van der Waals surface area contributed by atoms with Gasteiger partial charge in [0.1, 0.15) is 18.3 Å². The molecule has 1 saturated carbocycles. The second-order valence-electron chi connectivity index (χ2n) is 12.2. The monoisotopic (exact) mass is 687 g/mol. The Bertz CT molecular complexity index is 1780. The zero-order valence-corrected chi connectivity index (χ0v) is 28.9. The van der Waals surface area contributed by atoms with Gasteiger partial charge in [-0.1, -0.05) is 97.1 Å². The van der Waals surface area contributed by atoms with Gasteiger partial charge in [0.15, 0.2) is 0 Å². The molecule has 1 fully saturated rings. The third-order valence-electron chi connectivity index (χ3n) is 8.77. The second kappa shape index (κ2) is 16.2. The molecule has 4 aromatic carbocycles. The zero-order chi connectivity index (χ0) is 34.1. The van der Waals surface area contributed by atoms with E-state index in [1.165, 1.54) is 24.1 Å². The van der Waals surface area contributed by atoms with Gasteiger partial charge >= 0.3 is 0 Å². The SMILES string of the molecule is COc1ccc(N(CC(=O)N(Cc2ccccc2Cl)[C@H](Cc2ccccc2)C(=O)NC2CCCCC2)S(=O)(=O)c2ccc(C)cc2)cc1. The highest BCUT2D eigenvalue weighted by Gasteiger charge is 2.35. The maximum Gasteiger partial charge on any atom is 0.264 e. The largest absolute Gasteiger partial charge is 0.497 e. The van der Waals surface area contributed by atoms with E-state index in [1.807, 2.05) is 49.4 Å². The highest BCUT2D eigenvalue weighted by atomic mass is 35.5. The Hall–Kier alpha value is -4.34. The number of nitrogens with zero attached hydrogens (tertiary/aromatic N) is 2. The molecule has 10 heteroatoms. The summed E-state index contributed by atoms with van der Waals surface area (Å²) in [6, 6.07) is 28.8. The molecular formula is C38H42ClN3O5S. The van der Waals surface area contributed by atoms with Crippen LogP contribution in [0.5, 0.6) is 5.75 Å². The molecule has 0 spiro atoms. The van der Waals surface area contributed by atoms with Gasteiger partial charge in [-0.2, -0.15) is 0 Å². The van der Waals surface area contributed by atoms with Crippen LogP contribution in [0.15, 0.2) is 108 Å². The summed E-state index contributed by atoms with van der Waals surface area (Å²) < 4.78 is 34.9. The van der Waals surface area contributed by atoms with Crippen LogP contribution in [0.1, 0.15) is 48.8 Å². The minimum atomic E-state index is -4.21. The fourth-order valence-corrected chi connectivity index (χ4v) is 7.63. The molecular weight excluding hydrogens is 646 g/mol. The van der Waals surface area contributed by atoms with Crippen molar-refractivity contribution >= 4 is 39.1 Å². The number of sulfonamides is 1. The van der Waals surface area contributed by atoms with E-state index in [9.17, 15) is 18.0 Å². The number of rotatable bonds is 13. The van der Waals surface area contributed by atoms with Crippen molar-refractivity contribution in [3.8, 4) is 5.75 Å². The predicted molar refractivity (Wildman–Crippen MR) is 190 cm³/mol. The predicted octanol–water partition coefficient (Wildman–Crippen LogP) is 6.94. The van der Waals surface area contributed by atoms with E-state index in [0.717, 1.165) is 47.5 Å². The van der Waals surface area contributed by atoms with Crippen molar-refractivity contribution in [2.75, 3.05) is 18.0 Å². The summed E-state index contributed by atoms with van der Waals surface area (Å²) in [4.78, 5) is 30.5. The minimum absolute atomic E-state index is 0.00905. The van der Waals surface area contributed by atoms with Crippen molar-refractivity contribution in [1.82, 2.24) is 10.2 Å². The normalized spacial score (nSPS) is 14.1. The van der Waals surface area contributed by atoms with Gasteiger partial charge in [0.2, 0.25) is 11.8 Å². The summed E-state index contributed by atoms with van der Waals surface area (Å²) in [7, 11) is -2.68. The Morgan fingerprint density at radius 3 is 2.17 bits per heavy atom. The van der Waals surface area contributed by atoms with E-state index in [1.54, 1.807) is 48.5 Å². The molecule has 48 heavy (non-hydrogen) atoms. The van der Waals surface area contributed by atoms with E-state index in [4.69, 9.17) is 16.3 Å². The molecule has 1 atom stereocenters. The second-order valence-corrected chi connectivity index (χ2v) is 14.5. The number of carbonyl (C=O) groups is 2. The third-order valence-corrected chi connectivity index (χ3v) is 10.9. The summed E-state index contributed by atoms with van der Waals surface area (Å²) in [5.74, 6) is -0.273. The lowest BCUT2D eigenvalue weighted by Gasteiger charge is -2.35. The van der Waals surface area contributed by atoms with Crippen LogP contribution in [0.2, 0.25) is 5.02 Å². The zero-order valence-electron chi connectivity index (χ0n) is 27.3. The molecule has 8 nitrogen and oxygen atoms in total. The number of methoxy groups -OCH3 is 1. The van der Waals surface area contributed by atoms with Gasteiger partial charge in [-0.05, 0) is 73.4 Å². The van der Waals surface area contributed by atoms with Crippen LogP contribution in [0.4, 0.5) is 5.69 Å². The summed E-state index contributed by atoms with van der Waals surface area (Å²) in [5.41, 5.74) is 2.71. The maximum atomic E-state index is 14.7. The lowest BCUT2D eigenvalue weighted by molar-refractivity contribution is -0.140. The highest BCUT2D eigenvalue weighted by Crippen LogP contribution is 2.28. The van der Waals surface area contributed by atoms with Crippen LogP contribution in [-0.4, -0.2) is 50.9 Å². The van der Waals surface area contributed by atoms with Crippen LogP contribution >= 0.6 is 11.6 Å². The quantitative estimate of drug-likeness (QED) is 0.164. The van der Waals surface area contributed by atoms with Crippen LogP contribution in [0.3, 0.4) is 0 Å². The van der Waals surface area contributed by atoms with Crippen LogP contribution in [-0.2, 0) is 32.6 Å². The lowest BCUT2D eigenvalue weighted by Crippen LogP contribution is -2.55. The summed E-state index contributed by atoms with van der Waals surface area (Å²) in [6.45, 7) is 1.34. The average Bonchev–Trinajstić information content (AvgIpc) is 3.10. The molecule has 1 aliphatic rings. The van der Waals surface area contributed by atoms with E-state index < -0.39 is 28.5 Å². The highest BCUT2D eigenvalue weighted by molar-refractivity contribution is 7.92. The molecule has 0 heterocycles. The number of amides is 2. The van der Waals surface area contributed by atoms with Gasteiger partial charge in [-0.15, -0.1) is 0 Å². The smallest absolute Gasteiger partial charge is 0.264 e. The van der Waals surface area contributed by atoms with E-state index in [0.29, 0.717) is 16.3 Å². The standard InChI is InChI=1S/C38H42ClN3O5S/c1-28-17-23-34(24-18-28)48(45,46)42(32-19-21-33(47-2)22-20-32)27-37(43)41(26-30-13-9-10-16-35(30)39)36(25-29-11-5-3-6-12-29)38(44)40-31-14-7-4-8-15-31/h3,5-6,9-13,16-24,31,36H,4,7-8,14-15,25-27H2,1-2H3,(H,40,44)/t36-/m1/s1. The molecule has 4 aromatic rings. The first-order chi connectivity index (χ1) is 23.2. The van der Waals surface area contributed by atoms with E-state index in [2.05, 4.69) is 5.32 Å². The van der Waals surface area contributed by atoms with Crippen molar-refractivity contribution in [2.45, 2.75) is 69.0 Å². The van der Waals surface area contributed by atoms with E-state index >= 15 is 0 Å². The Morgan fingerprint density at radius 1 is 0.875 bits per heavy atom. The number of carbonyl (C=O) groups excluding carboxylic acids is 2. The number of hydrogen-bond acceptors (Lipinski definition) is 5. The van der Waals surface area contributed by atoms with E-state index in [-0.39, 0.29) is 35.5 Å². The van der Waals surface area contributed by atoms with Crippen molar-refractivity contribution < 1.29 is 22.7 Å². The molecule has 0 bridgehead atoms. The number of benzene rings is 4. The molecule has 5 rings (SSSR count). The van der Waals surface area contributed by atoms with Crippen molar-refractivity contribution in [3.05, 3.63) is 125 Å². The van der Waals surface area contributed by atoms with Crippen LogP contribution in [0.25, 0.3) is 0 Å². The summed E-state index contributed by atoms with van der Waals surface area (Å²) >= 11 is 6.61. The first-order valence-corrected chi connectivity index (χ1v) is 18.1. The number of nitrogens with one attached hydrogen (secondary N) is 1. The molecule has 0 radical (unpaired) electrons. The van der Waals surface area contributed by atoms with Gasteiger partial charge in [0.25, 0.3) is 10.0 Å². The molecule has 1 N–H and O–H groups in total. The number of halogens is 1. The number of hydrogen-bond donors (Lipinski definition) is 1. The van der Waals surface area contributed by atoms with Crippen molar-refractivity contribution in [2.24, 2.45) is 0 Å². The minimum Gasteiger partial charge on any atom is -0.497 e. The Kier molecular flexibility index (Phi) is 11.8. The Balaban J connectivity index is 1.57. The molecule has 0 aliphatic heterocycles. The first kappa shape index (κ1) is 35.0. The van der Waals surface area contributed by atoms with Crippen LogP contribution in [0, 0.1) is 6.92 Å². The van der Waals surface area contributed by atoms with Crippen LogP contribution < -0.4 is 14.4 Å². The fraction of sp³-hybridized carbons (Fsp3) is 0.316. The topological polar surface area (TPSA) is 96.0 Å². The molecule has 0 aromatic heterocycles. The third kappa shape index (κ3) is 8.76. The van der Waals surface area contributed by atoms with Crippen molar-refractivity contribution in [1.29, 1.82) is 0 Å².